The van der Waals surface area contributed by atoms with Crippen molar-refractivity contribution in [3.8, 4) is 5.75 Å². The molecule has 0 amide bonds. The highest BCUT2D eigenvalue weighted by atomic mass is 79.9. The second kappa shape index (κ2) is 5.47. The molecule has 0 radical (unpaired) electrons. The van der Waals surface area contributed by atoms with Gasteiger partial charge < -0.3 is 4.74 Å². The van der Waals surface area contributed by atoms with Crippen LogP contribution in [-0.2, 0) is 4.79 Å². The van der Waals surface area contributed by atoms with Crippen LogP contribution < -0.4 is 4.74 Å². The van der Waals surface area contributed by atoms with E-state index in [1.807, 2.05) is 0 Å². The van der Waals surface area contributed by atoms with Crippen molar-refractivity contribution in [1.29, 1.82) is 0 Å². The number of carbonyl (C=O) groups is 1. The fourth-order valence-corrected chi connectivity index (χ4v) is 3.79. The van der Waals surface area contributed by atoms with Crippen molar-refractivity contribution >= 4 is 21.7 Å². The third-order valence-electron chi connectivity index (χ3n) is 4.70. The van der Waals surface area contributed by atoms with Crippen molar-refractivity contribution in [2.45, 2.75) is 51.0 Å². The first-order valence-corrected chi connectivity index (χ1v) is 8.06. The number of hydrogen-bond donors (Lipinski definition) is 0. The van der Waals surface area contributed by atoms with Crippen molar-refractivity contribution in [3.05, 3.63) is 28.5 Å². The SMILES string of the molecule is O=C1CC(Oc2ccc(Br)cc2F)C12CCCCCC2. The summed E-state index contributed by atoms with van der Waals surface area (Å²) < 4.78 is 20.4. The maximum Gasteiger partial charge on any atom is 0.166 e. The molecular weight excluding hydrogens is 323 g/mol. The zero-order valence-corrected chi connectivity index (χ0v) is 12.9. The topological polar surface area (TPSA) is 26.3 Å². The minimum atomic E-state index is -0.373. The molecule has 1 unspecified atom stereocenters. The van der Waals surface area contributed by atoms with Gasteiger partial charge in [-0.25, -0.2) is 4.39 Å². The Balaban J connectivity index is 1.78. The summed E-state index contributed by atoms with van der Waals surface area (Å²) in [6, 6.07) is 4.79. The van der Waals surface area contributed by atoms with Gasteiger partial charge in [0.1, 0.15) is 11.9 Å². The summed E-state index contributed by atoms with van der Waals surface area (Å²) in [7, 11) is 0. The maximum absolute atomic E-state index is 13.9. The van der Waals surface area contributed by atoms with Crippen LogP contribution in [0.3, 0.4) is 0 Å². The van der Waals surface area contributed by atoms with Crippen molar-refractivity contribution < 1.29 is 13.9 Å². The molecule has 0 saturated heterocycles. The Morgan fingerprint density at radius 2 is 1.90 bits per heavy atom. The minimum Gasteiger partial charge on any atom is -0.486 e. The smallest absolute Gasteiger partial charge is 0.166 e. The number of hydrogen-bond acceptors (Lipinski definition) is 2. The molecule has 2 aliphatic carbocycles. The van der Waals surface area contributed by atoms with Gasteiger partial charge in [0.2, 0.25) is 0 Å². The Morgan fingerprint density at radius 3 is 2.50 bits per heavy atom. The van der Waals surface area contributed by atoms with Gasteiger partial charge >= 0.3 is 0 Å². The quantitative estimate of drug-likeness (QED) is 0.783. The second-order valence-corrected chi connectivity index (χ2v) is 6.79. The Morgan fingerprint density at radius 1 is 1.20 bits per heavy atom. The van der Waals surface area contributed by atoms with Crippen molar-refractivity contribution in [2.75, 3.05) is 0 Å². The summed E-state index contributed by atoms with van der Waals surface area (Å²) in [4.78, 5) is 12.1. The summed E-state index contributed by atoms with van der Waals surface area (Å²) >= 11 is 3.23. The average Bonchev–Trinajstić information content (AvgIpc) is 2.69. The van der Waals surface area contributed by atoms with Crippen LogP contribution in [0.5, 0.6) is 5.75 Å². The van der Waals surface area contributed by atoms with Crippen LogP contribution in [0.4, 0.5) is 4.39 Å². The summed E-state index contributed by atoms with van der Waals surface area (Å²) in [5.41, 5.74) is -0.337. The van der Waals surface area contributed by atoms with Gasteiger partial charge in [-0.3, -0.25) is 4.79 Å². The first kappa shape index (κ1) is 14.1. The lowest BCUT2D eigenvalue weighted by Gasteiger charge is -2.47. The lowest BCUT2D eigenvalue weighted by molar-refractivity contribution is -0.154. The molecule has 0 aliphatic heterocycles. The first-order valence-electron chi connectivity index (χ1n) is 7.27. The summed E-state index contributed by atoms with van der Waals surface area (Å²) in [6.45, 7) is 0. The Labute approximate surface area is 126 Å². The van der Waals surface area contributed by atoms with E-state index in [1.54, 1.807) is 12.1 Å². The van der Waals surface area contributed by atoms with Crippen LogP contribution in [0.25, 0.3) is 0 Å². The standard InChI is InChI=1S/C16H18BrFO2/c17-11-5-6-13(12(18)9-11)20-15-10-14(19)16(15)7-3-1-2-4-8-16/h5-6,9,15H,1-4,7-8,10H2. The molecular formula is C16H18BrFO2. The molecule has 2 saturated carbocycles. The summed E-state index contributed by atoms with van der Waals surface area (Å²) in [5.74, 6) is 0.193. The predicted octanol–water partition coefficient (Wildman–Crippen LogP) is 4.65. The van der Waals surface area contributed by atoms with Crippen LogP contribution in [0.15, 0.2) is 22.7 Å². The normalized spacial score (nSPS) is 25.1. The van der Waals surface area contributed by atoms with Gasteiger partial charge in [-0.1, -0.05) is 41.6 Å². The zero-order valence-electron chi connectivity index (χ0n) is 11.3. The number of benzene rings is 1. The Bertz CT molecular complexity index is 521. The highest BCUT2D eigenvalue weighted by Crippen LogP contribution is 2.49. The van der Waals surface area contributed by atoms with Crippen molar-refractivity contribution in [2.24, 2.45) is 5.41 Å². The molecule has 108 valence electrons. The minimum absolute atomic E-state index is 0.149. The molecule has 0 N–H and O–H groups in total. The van der Waals surface area contributed by atoms with Gasteiger partial charge in [-0.15, -0.1) is 0 Å². The lowest BCUT2D eigenvalue weighted by atomic mass is 9.60. The fraction of sp³-hybridized carbons (Fsp3) is 0.562. The highest BCUT2D eigenvalue weighted by Gasteiger charge is 2.55. The van der Waals surface area contributed by atoms with Gasteiger partial charge in [0.05, 0.1) is 5.41 Å². The molecule has 4 heteroatoms. The molecule has 1 aromatic carbocycles. The molecule has 2 nitrogen and oxygen atoms in total. The lowest BCUT2D eigenvalue weighted by Crippen LogP contribution is -2.56. The van der Waals surface area contributed by atoms with E-state index < -0.39 is 0 Å². The van der Waals surface area contributed by atoms with E-state index in [4.69, 9.17) is 4.74 Å². The first-order chi connectivity index (χ1) is 9.62. The summed E-state index contributed by atoms with van der Waals surface area (Å²) in [6.07, 6.45) is 6.61. The van der Waals surface area contributed by atoms with Crippen LogP contribution in [0.1, 0.15) is 44.9 Å². The van der Waals surface area contributed by atoms with E-state index in [9.17, 15) is 9.18 Å². The molecule has 1 spiro atoms. The van der Waals surface area contributed by atoms with Crippen LogP contribution >= 0.6 is 15.9 Å². The van der Waals surface area contributed by atoms with Crippen molar-refractivity contribution in [1.82, 2.24) is 0 Å². The number of ether oxygens (including phenoxy) is 1. The number of halogens is 2. The van der Waals surface area contributed by atoms with E-state index in [2.05, 4.69) is 15.9 Å². The van der Waals surface area contributed by atoms with Gasteiger partial charge in [0, 0.05) is 10.9 Å². The second-order valence-electron chi connectivity index (χ2n) is 5.88. The van der Waals surface area contributed by atoms with Gasteiger partial charge in [-0.2, -0.15) is 0 Å². The monoisotopic (exact) mass is 340 g/mol. The van der Waals surface area contributed by atoms with E-state index in [0.717, 1.165) is 25.7 Å². The highest BCUT2D eigenvalue weighted by molar-refractivity contribution is 9.10. The Hall–Kier alpha value is -0.900. The summed E-state index contributed by atoms with van der Waals surface area (Å²) in [5, 5.41) is 0. The van der Waals surface area contributed by atoms with Crippen LogP contribution in [0, 0.1) is 11.2 Å². The van der Waals surface area contributed by atoms with E-state index in [0.29, 0.717) is 16.7 Å². The predicted molar refractivity (Wildman–Crippen MR) is 78.3 cm³/mol. The van der Waals surface area contributed by atoms with Gasteiger partial charge in [-0.05, 0) is 31.0 Å². The van der Waals surface area contributed by atoms with Crippen LogP contribution in [-0.4, -0.2) is 11.9 Å². The maximum atomic E-state index is 13.9. The average molecular weight is 341 g/mol. The largest absolute Gasteiger partial charge is 0.486 e. The van der Waals surface area contributed by atoms with Crippen LogP contribution in [0.2, 0.25) is 0 Å². The third kappa shape index (κ3) is 2.39. The van der Waals surface area contributed by atoms with Crippen molar-refractivity contribution in [3.63, 3.8) is 0 Å². The molecule has 1 atom stereocenters. The number of rotatable bonds is 2. The fourth-order valence-electron chi connectivity index (χ4n) is 3.45. The molecule has 0 heterocycles. The molecule has 1 aromatic rings. The number of carbonyl (C=O) groups excluding carboxylic acids is 1. The van der Waals surface area contributed by atoms with Gasteiger partial charge in [0.15, 0.2) is 11.6 Å². The molecule has 2 aliphatic rings. The molecule has 3 rings (SSSR count). The molecule has 0 aromatic heterocycles. The number of Topliss-reactive ketones (excluding diaryl/α,β-unsaturated/α-hetero) is 1. The molecule has 20 heavy (non-hydrogen) atoms. The zero-order chi connectivity index (χ0) is 14.2. The molecule has 2 fully saturated rings. The third-order valence-corrected chi connectivity index (χ3v) is 5.19. The van der Waals surface area contributed by atoms with E-state index >= 15 is 0 Å². The van der Waals surface area contributed by atoms with E-state index in [-0.39, 0.29) is 23.1 Å². The number of ketones is 1. The van der Waals surface area contributed by atoms with E-state index in [1.165, 1.54) is 18.9 Å². The Kier molecular flexibility index (Phi) is 3.85. The molecule has 0 bridgehead atoms. The van der Waals surface area contributed by atoms with Gasteiger partial charge in [0.25, 0.3) is 0 Å².